The van der Waals surface area contributed by atoms with E-state index in [1.165, 1.54) is 0 Å². The van der Waals surface area contributed by atoms with Crippen LogP contribution in [0, 0.1) is 0 Å². The first-order valence-corrected chi connectivity index (χ1v) is 6.87. The van der Waals surface area contributed by atoms with Gasteiger partial charge in [0.25, 0.3) is 0 Å². The second-order valence-electron chi connectivity index (χ2n) is 4.48. The summed E-state index contributed by atoms with van der Waals surface area (Å²) in [6.45, 7) is 5.69. The molecule has 102 valence electrons. The highest BCUT2D eigenvalue weighted by Gasteiger charge is 2.00. The van der Waals surface area contributed by atoms with Crippen LogP contribution in [-0.4, -0.2) is 19.3 Å². The van der Waals surface area contributed by atoms with Crippen LogP contribution in [0.25, 0.3) is 0 Å². The third-order valence-electron chi connectivity index (χ3n) is 2.81. The van der Waals surface area contributed by atoms with Crippen LogP contribution < -0.4 is 15.2 Å². The average molecular weight is 251 g/mol. The van der Waals surface area contributed by atoms with Crippen molar-refractivity contribution in [3.05, 3.63) is 24.3 Å². The van der Waals surface area contributed by atoms with Crippen molar-refractivity contribution in [2.45, 2.75) is 45.6 Å². The van der Waals surface area contributed by atoms with Crippen LogP contribution in [0.5, 0.6) is 11.5 Å². The summed E-state index contributed by atoms with van der Waals surface area (Å²) in [7, 11) is 0. The number of rotatable bonds is 9. The van der Waals surface area contributed by atoms with Crippen LogP contribution in [0.4, 0.5) is 0 Å². The fourth-order valence-electron chi connectivity index (χ4n) is 1.59. The molecule has 0 aliphatic rings. The third-order valence-corrected chi connectivity index (χ3v) is 2.81. The molecule has 1 aromatic carbocycles. The molecule has 3 heteroatoms. The molecular formula is C15H25NO2. The first-order valence-electron chi connectivity index (χ1n) is 6.87. The van der Waals surface area contributed by atoms with Crippen molar-refractivity contribution in [3.63, 3.8) is 0 Å². The van der Waals surface area contributed by atoms with Gasteiger partial charge in [0.15, 0.2) is 0 Å². The van der Waals surface area contributed by atoms with Crippen molar-refractivity contribution >= 4 is 0 Å². The van der Waals surface area contributed by atoms with Crippen LogP contribution >= 0.6 is 0 Å². The van der Waals surface area contributed by atoms with Gasteiger partial charge in [-0.05, 0) is 49.9 Å². The van der Waals surface area contributed by atoms with Crippen molar-refractivity contribution in [2.24, 2.45) is 5.73 Å². The minimum absolute atomic E-state index is 0.304. The highest BCUT2D eigenvalue weighted by molar-refractivity contribution is 5.31. The van der Waals surface area contributed by atoms with Gasteiger partial charge in [-0.15, -0.1) is 0 Å². The largest absolute Gasteiger partial charge is 0.494 e. The minimum atomic E-state index is 0.304. The Morgan fingerprint density at radius 2 is 1.56 bits per heavy atom. The quantitative estimate of drug-likeness (QED) is 0.684. The van der Waals surface area contributed by atoms with Gasteiger partial charge in [0.1, 0.15) is 11.5 Å². The maximum atomic E-state index is 5.85. The third kappa shape index (κ3) is 5.92. The molecule has 0 fully saturated rings. The summed E-state index contributed by atoms with van der Waals surface area (Å²) in [5, 5.41) is 0. The smallest absolute Gasteiger partial charge is 0.119 e. The molecule has 0 amide bonds. The van der Waals surface area contributed by atoms with Gasteiger partial charge in [0, 0.05) is 6.04 Å². The second-order valence-corrected chi connectivity index (χ2v) is 4.48. The van der Waals surface area contributed by atoms with Gasteiger partial charge in [-0.2, -0.15) is 0 Å². The zero-order valence-electron chi connectivity index (χ0n) is 11.5. The van der Waals surface area contributed by atoms with Crippen LogP contribution in [0.15, 0.2) is 24.3 Å². The van der Waals surface area contributed by atoms with Crippen LogP contribution in [0.1, 0.15) is 39.5 Å². The van der Waals surface area contributed by atoms with E-state index in [1.54, 1.807) is 0 Å². The second kappa shape index (κ2) is 8.81. The molecule has 0 aromatic heterocycles. The molecule has 0 aliphatic heterocycles. The molecule has 0 saturated carbocycles. The Balaban J connectivity index is 2.22. The van der Waals surface area contributed by atoms with Crippen molar-refractivity contribution in [1.82, 2.24) is 0 Å². The summed E-state index contributed by atoms with van der Waals surface area (Å²) in [5.41, 5.74) is 5.85. The van der Waals surface area contributed by atoms with Crippen molar-refractivity contribution < 1.29 is 9.47 Å². The van der Waals surface area contributed by atoms with Gasteiger partial charge >= 0.3 is 0 Å². The van der Waals surface area contributed by atoms with E-state index < -0.39 is 0 Å². The molecule has 2 N–H and O–H groups in total. The molecule has 18 heavy (non-hydrogen) atoms. The molecule has 0 aliphatic carbocycles. The molecule has 0 bridgehead atoms. The van der Waals surface area contributed by atoms with E-state index in [9.17, 15) is 0 Å². The van der Waals surface area contributed by atoms with E-state index in [-0.39, 0.29) is 0 Å². The molecular weight excluding hydrogens is 226 g/mol. The van der Waals surface area contributed by atoms with E-state index >= 15 is 0 Å². The molecule has 3 nitrogen and oxygen atoms in total. The van der Waals surface area contributed by atoms with Gasteiger partial charge in [0.2, 0.25) is 0 Å². The Morgan fingerprint density at radius 1 is 1.00 bits per heavy atom. The highest BCUT2D eigenvalue weighted by atomic mass is 16.5. The lowest BCUT2D eigenvalue weighted by Gasteiger charge is -2.10. The van der Waals surface area contributed by atoms with Gasteiger partial charge < -0.3 is 15.2 Å². The molecule has 1 rings (SSSR count). The summed E-state index contributed by atoms with van der Waals surface area (Å²) in [5.74, 6) is 1.79. The Labute approximate surface area is 110 Å². The Kier molecular flexibility index (Phi) is 7.26. The summed E-state index contributed by atoms with van der Waals surface area (Å²) >= 11 is 0. The number of benzene rings is 1. The minimum Gasteiger partial charge on any atom is -0.494 e. The zero-order valence-corrected chi connectivity index (χ0v) is 11.5. The topological polar surface area (TPSA) is 44.5 Å². The lowest BCUT2D eigenvalue weighted by Crippen LogP contribution is -2.19. The maximum Gasteiger partial charge on any atom is 0.119 e. The molecule has 0 saturated heterocycles. The normalized spacial score (nSPS) is 12.2. The van der Waals surface area contributed by atoms with Crippen molar-refractivity contribution in [1.29, 1.82) is 0 Å². The highest BCUT2D eigenvalue weighted by Crippen LogP contribution is 2.18. The molecule has 0 spiro atoms. The van der Waals surface area contributed by atoms with Gasteiger partial charge in [-0.3, -0.25) is 0 Å². The van der Waals surface area contributed by atoms with E-state index in [0.717, 1.165) is 50.4 Å². The summed E-state index contributed by atoms with van der Waals surface area (Å²) in [4.78, 5) is 0. The fourth-order valence-corrected chi connectivity index (χ4v) is 1.59. The molecule has 0 heterocycles. The first-order chi connectivity index (χ1) is 8.76. The van der Waals surface area contributed by atoms with Crippen molar-refractivity contribution in [2.75, 3.05) is 13.2 Å². The maximum absolute atomic E-state index is 5.85. The van der Waals surface area contributed by atoms with Gasteiger partial charge in [-0.1, -0.05) is 13.8 Å². The van der Waals surface area contributed by atoms with Gasteiger partial charge in [0.05, 0.1) is 13.2 Å². The predicted molar refractivity (Wildman–Crippen MR) is 75.2 cm³/mol. The number of nitrogens with two attached hydrogens (primary N) is 1. The standard InChI is InChI=1S/C15H25NO2/c1-3-11-17-14-7-9-15(10-8-14)18-12-5-6-13(16)4-2/h7-10,13H,3-6,11-12,16H2,1-2H3. The van der Waals surface area contributed by atoms with E-state index in [1.807, 2.05) is 24.3 Å². The molecule has 0 radical (unpaired) electrons. The monoisotopic (exact) mass is 251 g/mol. The predicted octanol–water partition coefficient (Wildman–Crippen LogP) is 3.37. The Hall–Kier alpha value is -1.22. The van der Waals surface area contributed by atoms with Crippen LogP contribution in [0.3, 0.4) is 0 Å². The SMILES string of the molecule is CCCOc1ccc(OCCCC(N)CC)cc1. The van der Waals surface area contributed by atoms with Crippen LogP contribution in [0.2, 0.25) is 0 Å². The van der Waals surface area contributed by atoms with Gasteiger partial charge in [-0.25, -0.2) is 0 Å². The number of hydrogen-bond acceptors (Lipinski definition) is 3. The molecule has 1 aromatic rings. The summed E-state index contributed by atoms with van der Waals surface area (Å²) in [6, 6.07) is 8.10. The lowest BCUT2D eigenvalue weighted by molar-refractivity contribution is 0.297. The molecule has 1 atom stereocenters. The number of hydrogen-bond donors (Lipinski definition) is 1. The fraction of sp³-hybridized carbons (Fsp3) is 0.600. The van der Waals surface area contributed by atoms with Crippen molar-refractivity contribution in [3.8, 4) is 11.5 Å². The Bertz CT molecular complexity index is 311. The zero-order chi connectivity index (χ0) is 13.2. The lowest BCUT2D eigenvalue weighted by atomic mass is 10.1. The van der Waals surface area contributed by atoms with E-state index in [2.05, 4.69) is 13.8 Å². The number of ether oxygens (including phenoxy) is 2. The van der Waals surface area contributed by atoms with Crippen LogP contribution in [-0.2, 0) is 0 Å². The van der Waals surface area contributed by atoms with E-state index in [4.69, 9.17) is 15.2 Å². The Morgan fingerprint density at radius 3 is 2.06 bits per heavy atom. The summed E-state index contributed by atoms with van der Waals surface area (Å²) in [6.07, 6.45) is 4.08. The first kappa shape index (κ1) is 14.8. The summed E-state index contributed by atoms with van der Waals surface area (Å²) < 4.78 is 11.2. The van der Waals surface area contributed by atoms with E-state index in [0.29, 0.717) is 6.04 Å². The average Bonchev–Trinajstić information content (AvgIpc) is 2.42. The molecule has 1 unspecified atom stereocenters.